The van der Waals surface area contributed by atoms with Crippen LogP contribution in [0, 0.1) is 5.82 Å². The summed E-state index contributed by atoms with van der Waals surface area (Å²) in [6.07, 6.45) is 6.44. The second-order valence-electron chi connectivity index (χ2n) is 8.60. The molecule has 0 spiro atoms. The number of aromatic nitrogens is 1. The molecule has 0 atom stereocenters. The van der Waals surface area contributed by atoms with E-state index in [1.165, 1.54) is 28.5 Å². The molecule has 2 aromatic carbocycles. The van der Waals surface area contributed by atoms with Gasteiger partial charge < -0.3 is 4.98 Å². The molecule has 0 radical (unpaired) electrons. The van der Waals surface area contributed by atoms with Gasteiger partial charge in [0.15, 0.2) is 0 Å². The third-order valence-electron chi connectivity index (χ3n) is 6.73. The number of aryl methyl sites for hydroxylation is 1. The van der Waals surface area contributed by atoms with Gasteiger partial charge in [0, 0.05) is 23.0 Å². The molecule has 1 aliphatic heterocycles. The summed E-state index contributed by atoms with van der Waals surface area (Å²) in [5.41, 5.74) is 5.91. The Bertz CT molecular complexity index is 1080. The zero-order valence-electron chi connectivity index (χ0n) is 16.7. The van der Waals surface area contributed by atoms with Crippen LogP contribution in [0.4, 0.5) is 4.39 Å². The number of rotatable bonds is 3. The molecule has 1 saturated heterocycles. The van der Waals surface area contributed by atoms with E-state index in [2.05, 4.69) is 28.1 Å². The van der Waals surface area contributed by atoms with Gasteiger partial charge in [0.05, 0.1) is 0 Å². The van der Waals surface area contributed by atoms with Gasteiger partial charge in [-0.05, 0) is 98.5 Å². The van der Waals surface area contributed by atoms with E-state index >= 15 is 0 Å². The highest BCUT2D eigenvalue weighted by atomic mass is 19.1. The molecule has 2 heterocycles. The summed E-state index contributed by atoms with van der Waals surface area (Å²) in [6.45, 7) is 3.06. The number of halogens is 1. The first-order valence-electron chi connectivity index (χ1n) is 10.8. The SMILES string of the molecule is O=c1[nH]c2ccc(CN3CCC(c4ccc(F)cc4)CC3)cc2c2c1CCCC2. The highest BCUT2D eigenvalue weighted by Gasteiger charge is 2.21. The van der Waals surface area contributed by atoms with E-state index in [4.69, 9.17) is 0 Å². The molecule has 4 heteroatoms. The van der Waals surface area contributed by atoms with Gasteiger partial charge in [-0.25, -0.2) is 4.39 Å². The summed E-state index contributed by atoms with van der Waals surface area (Å²) in [4.78, 5) is 18.0. The Morgan fingerprint density at radius 2 is 1.69 bits per heavy atom. The largest absolute Gasteiger partial charge is 0.322 e. The number of hydrogen-bond donors (Lipinski definition) is 1. The first-order chi connectivity index (χ1) is 14.2. The maximum absolute atomic E-state index is 13.2. The van der Waals surface area contributed by atoms with Gasteiger partial charge in [0.1, 0.15) is 5.82 Å². The quantitative estimate of drug-likeness (QED) is 0.689. The number of piperidine rings is 1. The van der Waals surface area contributed by atoms with E-state index < -0.39 is 0 Å². The molecule has 0 saturated carbocycles. The summed E-state index contributed by atoms with van der Waals surface area (Å²) < 4.78 is 13.2. The molecule has 1 N–H and O–H groups in total. The Kier molecular flexibility index (Phi) is 4.96. The molecule has 3 aromatic rings. The van der Waals surface area contributed by atoms with Gasteiger partial charge in [-0.1, -0.05) is 18.2 Å². The van der Waals surface area contributed by atoms with Crippen LogP contribution in [-0.4, -0.2) is 23.0 Å². The van der Waals surface area contributed by atoms with Crippen LogP contribution in [0.5, 0.6) is 0 Å². The molecule has 29 heavy (non-hydrogen) atoms. The Morgan fingerprint density at radius 1 is 0.966 bits per heavy atom. The Hall–Kier alpha value is -2.46. The fraction of sp³-hybridized carbons (Fsp3) is 0.400. The van der Waals surface area contributed by atoms with E-state index in [1.54, 1.807) is 12.1 Å². The lowest BCUT2D eigenvalue weighted by Crippen LogP contribution is -2.32. The van der Waals surface area contributed by atoms with Crippen molar-refractivity contribution < 1.29 is 4.39 Å². The summed E-state index contributed by atoms with van der Waals surface area (Å²) in [7, 11) is 0. The highest BCUT2D eigenvalue weighted by molar-refractivity contribution is 5.84. The number of benzene rings is 2. The van der Waals surface area contributed by atoms with Crippen molar-refractivity contribution in [1.29, 1.82) is 0 Å². The van der Waals surface area contributed by atoms with Crippen molar-refractivity contribution in [2.75, 3.05) is 13.1 Å². The number of fused-ring (bicyclic) bond motifs is 3. The van der Waals surface area contributed by atoms with Crippen LogP contribution in [0.15, 0.2) is 47.3 Å². The summed E-state index contributed by atoms with van der Waals surface area (Å²) in [5.74, 6) is 0.367. The molecule has 1 aliphatic carbocycles. The third kappa shape index (κ3) is 3.74. The van der Waals surface area contributed by atoms with Crippen LogP contribution in [0.3, 0.4) is 0 Å². The summed E-state index contributed by atoms with van der Waals surface area (Å²) in [5, 5.41) is 1.23. The molecule has 0 bridgehead atoms. The molecule has 2 aliphatic rings. The molecule has 3 nitrogen and oxygen atoms in total. The number of pyridine rings is 1. The fourth-order valence-electron chi connectivity index (χ4n) is 5.12. The molecule has 0 unspecified atom stereocenters. The van der Waals surface area contributed by atoms with Gasteiger partial charge in [-0.15, -0.1) is 0 Å². The van der Waals surface area contributed by atoms with Crippen molar-refractivity contribution in [2.45, 2.75) is 51.0 Å². The normalized spacial score (nSPS) is 18.1. The number of nitrogens with one attached hydrogen (secondary N) is 1. The predicted molar refractivity (Wildman–Crippen MR) is 115 cm³/mol. The lowest BCUT2D eigenvalue weighted by atomic mass is 9.88. The smallest absolute Gasteiger partial charge is 0.251 e. The number of likely N-dealkylation sites (tertiary alicyclic amines) is 1. The van der Waals surface area contributed by atoms with Gasteiger partial charge in [-0.3, -0.25) is 9.69 Å². The number of H-pyrrole nitrogens is 1. The first kappa shape index (κ1) is 18.6. The molecule has 1 aromatic heterocycles. The van der Waals surface area contributed by atoms with E-state index in [9.17, 15) is 9.18 Å². The minimum Gasteiger partial charge on any atom is -0.322 e. The summed E-state index contributed by atoms with van der Waals surface area (Å²) in [6, 6.07) is 13.5. The van der Waals surface area contributed by atoms with Crippen LogP contribution in [0.25, 0.3) is 10.9 Å². The molecule has 1 fully saturated rings. The van der Waals surface area contributed by atoms with Crippen LogP contribution >= 0.6 is 0 Å². The number of hydrogen-bond acceptors (Lipinski definition) is 2. The Balaban J connectivity index is 1.31. The van der Waals surface area contributed by atoms with Crippen molar-refractivity contribution in [3.8, 4) is 0 Å². The lowest BCUT2D eigenvalue weighted by molar-refractivity contribution is 0.204. The van der Waals surface area contributed by atoms with E-state index in [1.807, 2.05) is 12.1 Å². The number of aromatic amines is 1. The Labute approximate surface area is 170 Å². The minimum absolute atomic E-state index is 0.0998. The topological polar surface area (TPSA) is 36.1 Å². The van der Waals surface area contributed by atoms with Crippen molar-refractivity contribution in [3.05, 3.63) is 80.9 Å². The van der Waals surface area contributed by atoms with Crippen molar-refractivity contribution >= 4 is 10.9 Å². The second-order valence-corrected chi connectivity index (χ2v) is 8.60. The average molecular weight is 391 g/mol. The van der Waals surface area contributed by atoms with E-state index in [0.717, 1.165) is 62.8 Å². The lowest BCUT2D eigenvalue weighted by Gasteiger charge is -2.32. The van der Waals surface area contributed by atoms with Gasteiger partial charge in [0.25, 0.3) is 5.56 Å². The third-order valence-corrected chi connectivity index (χ3v) is 6.73. The van der Waals surface area contributed by atoms with Gasteiger partial charge >= 0.3 is 0 Å². The molecule has 5 rings (SSSR count). The molecular formula is C25H27FN2O. The maximum atomic E-state index is 13.2. The number of nitrogens with zero attached hydrogens (tertiary/aromatic N) is 1. The first-order valence-corrected chi connectivity index (χ1v) is 10.8. The second kappa shape index (κ2) is 7.75. The zero-order chi connectivity index (χ0) is 19.8. The van der Waals surface area contributed by atoms with Gasteiger partial charge in [0.2, 0.25) is 0 Å². The Morgan fingerprint density at radius 3 is 2.45 bits per heavy atom. The van der Waals surface area contributed by atoms with E-state index in [-0.39, 0.29) is 11.4 Å². The van der Waals surface area contributed by atoms with Gasteiger partial charge in [-0.2, -0.15) is 0 Å². The maximum Gasteiger partial charge on any atom is 0.251 e. The highest BCUT2D eigenvalue weighted by Crippen LogP contribution is 2.30. The average Bonchev–Trinajstić information content (AvgIpc) is 2.76. The standard InChI is InChI=1S/C25H27FN2O/c26-20-8-6-18(7-9-20)19-11-13-28(14-12-19)16-17-5-10-24-23(15-17)21-3-1-2-4-22(21)25(29)27-24/h5-10,15,19H,1-4,11-14,16H2,(H,27,29). The van der Waals surface area contributed by atoms with Crippen LogP contribution in [0.2, 0.25) is 0 Å². The monoisotopic (exact) mass is 390 g/mol. The zero-order valence-corrected chi connectivity index (χ0v) is 16.7. The van der Waals surface area contributed by atoms with Crippen LogP contribution in [-0.2, 0) is 19.4 Å². The molecular weight excluding hydrogens is 363 g/mol. The molecule has 150 valence electrons. The van der Waals surface area contributed by atoms with Crippen LogP contribution < -0.4 is 5.56 Å². The minimum atomic E-state index is -0.161. The fourth-order valence-corrected chi connectivity index (χ4v) is 5.12. The predicted octanol–water partition coefficient (Wildman–Crippen LogP) is 4.93. The van der Waals surface area contributed by atoms with E-state index in [0.29, 0.717) is 5.92 Å². The van der Waals surface area contributed by atoms with Crippen molar-refractivity contribution in [3.63, 3.8) is 0 Å². The van der Waals surface area contributed by atoms with Crippen molar-refractivity contribution in [2.24, 2.45) is 0 Å². The van der Waals surface area contributed by atoms with Crippen molar-refractivity contribution in [1.82, 2.24) is 9.88 Å². The summed E-state index contributed by atoms with van der Waals surface area (Å²) >= 11 is 0. The van der Waals surface area contributed by atoms with Crippen LogP contribution in [0.1, 0.15) is 53.9 Å². The molecule has 0 amide bonds.